The zero-order chi connectivity index (χ0) is 19.7. The van der Waals surface area contributed by atoms with Crippen LogP contribution in [0.2, 0.25) is 0 Å². The molecule has 0 bridgehead atoms. The zero-order valence-electron chi connectivity index (χ0n) is 15.9. The van der Waals surface area contributed by atoms with Gasteiger partial charge in [-0.15, -0.1) is 11.3 Å². The van der Waals surface area contributed by atoms with Gasteiger partial charge in [-0.1, -0.05) is 19.9 Å². The summed E-state index contributed by atoms with van der Waals surface area (Å²) in [6.07, 6.45) is 0.937. The molecule has 1 amide bonds. The molecular formula is C20H27F2N3OS. The molecule has 0 atom stereocenters. The fraction of sp³-hybridized carbons (Fsp3) is 0.600. The van der Waals surface area contributed by atoms with E-state index in [1.807, 2.05) is 0 Å². The second-order valence-corrected chi connectivity index (χ2v) is 8.98. The minimum Gasteiger partial charge on any atom is -0.354 e. The van der Waals surface area contributed by atoms with Gasteiger partial charge in [-0.2, -0.15) is 0 Å². The van der Waals surface area contributed by atoms with E-state index >= 15 is 0 Å². The molecule has 3 N–H and O–H groups in total. The van der Waals surface area contributed by atoms with Crippen LogP contribution >= 0.6 is 11.3 Å². The average molecular weight is 396 g/mol. The third-order valence-corrected chi connectivity index (χ3v) is 6.38. The second-order valence-electron chi connectivity index (χ2n) is 7.86. The van der Waals surface area contributed by atoms with E-state index in [0.717, 1.165) is 23.4 Å². The van der Waals surface area contributed by atoms with E-state index in [9.17, 15) is 13.6 Å². The maximum atomic E-state index is 13.3. The lowest BCUT2D eigenvalue weighted by Crippen LogP contribution is -2.57. The van der Waals surface area contributed by atoms with Gasteiger partial charge in [0.25, 0.3) is 0 Å². The topological polar surface area (TPSA) is 68.0 Å². The highest BCUT2D eigenvalue weighted by molar-refractivity contribution is 7.18. The number of fused-ring (bicyclic) bond motifs is 1. The van der Waals surface area contributed by atoms with E-state index in [1.165, 1.54) is 10.3 Å². The number of thiazole rings is 1. The number of aryl methyl sites for hydroxylation is 1. The van der Waals surface area contributed by atoms with E-state index in [2.05, 4.69) is 42.3 Å². The molecule has 1 fully saturated rings. The third kappa shape index (κ3) is 4.82. The second kappa shape index (κ2) is 7.80. The Bertz CT molecular complexity index is 809. The molecule has 0 aliphatic heterocycles. The van der Waals surface area contributed by atoms with Crippen LogP contribution in [0.15, 0.2) is 18.2 Å². The molecule has 1 saturated carbocycles. The molecule has 0 unspecified atom stereocenters. The van der Waals surface area contributed by atoms with Gasteiger partial charge in [0, 0.05) is 25.8 Å². The first-order valence-electron chi connectivity index (χ1n) is 9.53. The molecule has 1 aliphatic rings. The summed E-state index contributed by atoms with van der Waals surface area (Å²) in [5.74, 6) is -2.52. The maximum Gasteiger partial charge on any atom is 0.248 e. The van der Waals surface area contributed by atoms with Crippen LogP contribution in [-0.4, -0.2) is 28.9 Å². The Morgan fingerprint density at radius 1 is 1.30 bits per heavy atom. The molecule has 2 aromatic rings. The molecular weight excluding hydrogens is 368 g/mol. The van der Waals surface area contributed by atoms with Gasteiger partial charge in [0.2, 0.25) is 11.8 Å². The van der Waals surface area contributed by atoms with E-state index < -0.39 is 11.5 Å². The Hall–Kier alpha value is -1.60. The Labute approximate surface area is 162 Å². The van der Waals surface area contributed by atoms with Crippen LogP contribution in [0, 0.1) is 0 Å². The lowest BCUT2D eigenvalue weighted by atomic mass is 9.80. The number of carbonyl (C=O) groups is 1. The van der Waals surface area contributed by atoms with Gasteiger partial charge in [-0.25, -0.2) is 13.8 Å². The lowest BCUT2D eigenvalue weighted by molar-refractivity contribution is -0.131. The molecule has 4 nitrogen and oxygen atoms in total. The van der Waals surface area contributed by atoms with Gasteiger partial charge in [0.15, 0.2) is 0 Å². The largest absolute Gasteiger partial charge is 0.354 e. The van der Waals surface area contributed by atoms with Crippen LogP contribution in [0.3, 0.4) is 0 Å². The van der Waals surface area contributed by atoms with E-state index in [-0.39, 0.29) is 31.6 Å². The Kier molecular flexibility index (Phi) is 5.82. The van der Waals surface area contributed by atoms with E-state index in [4.69, 9.17) is 5.73 Å². The van der Waals surface area contributed by atoms with Crippen LogP contribution in [0.1, 0.15) is 62.4 Å². The highest BCUT2D eigenvalue weighted by Crippen LogP contribution is 2.37. The first-order valence-corrected chi connectivity index (χ1v) is 10.3. The summed E-state index contributed by atoms with van der Waals surface area (Å²) in [4.78, 5) is 16.9. The Balaban J connectivity index is 1.48. The van der Waals surface area contributed by atoms with Gasteiger partial charge in [-0.3, -0.25) is 4.79 Å². The molecule has 27 heavy (non-hydrogen) atoms. The number of nitrogens with one attached hydrogen (secondary N) is 1. The Morgan fingerprint density at radius 3 is 2.67 bits per heavy atom. The van der Waals surface area contributed by atoms with Crippen molar-refractivity contribution in [3.05, 3.63) is 28.8 Å². The summed E-state index contributed by atoms with van der Waals surface area (Å²) in [5, 5.41) is 3.86. The molecule has 1 aromatic carbocycles. The molecule has 1 aliphatic carbocycles. The summed E-state index contributed by atoms with van der Waals surface area (Å²) in [5.41, 5.74) is 7.20. The molecule has 0 saturated heterocycles. The van der Waals surface area contributed by atoms with Crippen LogP contribution in [-0.2, 0) is 11.2 Å². The number of benzene rings is 1. The van der Waals surface area contributed by atoms with Crippen molar-refractivity contribution in [1.29, 1.82) is 0 Å². The first-order chi connectivity index (χ1) is 12.7. The van der Waals surface area contributed by atoms with E-state index in [0.29, 0.717) is 12.5 Å². The molecule has 7 heteroatoms. The number of alkyl halides is 2. The first kappa shape index (κ1) is 20.1. The van der Waals surface area contributed by atoms with Crippen molar-refractivity contribution in [2.75, 3.05) is 6.54 Å². The number of carbonyl (C=O) groups excluding carboxylic acids is 1. The van der Waals surface area contributed by atoms with Crippen LogP contribution < -0.4 is 11.1 Å². The molecule has 3 rings (SSSR count). The van der Waals surface area contributed by atoms with E-state index in [1.54, 1.807) is 11.3 Å². The fourth-order valence-electron chi connectivity index (χ4n) is 3.36. The number of nitrogens with zero attached hydrogens (tertiary/aromatic N) is 1. The number of aromatic nitrogens is 1. The van der Waals surface area contributed by atoms with Crippen LogP contribution in [0.4, 0.5) is 8.78 Å². The number of rotatable bonds is 6. The van der Waals surface area contributed by atoms with Crippen LogP contribution in [0.5, 0.6) is 0 Å². The normalized spacial score (nSPS) is 18.7. The van der Waals surface area contributed by atoms with Crippen molar-refractivity contribution in [2.24, 2.45) is 5.73 Å². The van der Waals surface area contributed by atoms with Crippen molar-refractivity contribution in [3.8, 4) is 0 Å². The molecule has 1 aromatic heterocycles. The number of hydrogen-bond donors (Lipinski definition) is 2. The number of halogens is 2. The number of nitrogens with two attached hydrogens (primary N) is 1. The maximum absolute atomic E-state index is 13.3. The van der Waals surface area contributed by atoms with Gasteiger partial charge < -0.3 is 11.1 Å². The minimum atomic E-state index is -2.69. The predicted octanol–water partition coefficient (Wildman–Crippen LogP) is 4.38. The quantitative estimate of drug-likeness (QED) is 0.714. The summed E-state index contributed by atoms with van der Waals surface area (Å²) >= 11 is 1.68. The predicted molar refractivity (Wildman–Crippen MR) is 105 cm³/mol. The van der Waals surface area contributed by atoms with Crippen molar-refractivity contribution < 1.29 is 13.6 Å². The third-order valence-electron chi connectivity index (χ3n) is 5.30. The summed E-state index contributed by atoms with van der Waals surface area (Å²) in [6, 6.07) is 6.37. The zero-order valence-corrected chi connectivity index (χ0v) is 16.7. The highest BCUT2D eigenvalue weighted by atomic mass is 32.1. The monoisotopic (exact) mass is 395 g/mol. The van der Waals surface area contributed by atoms with Gasteiger partial charge >= 0.3 is 0 Å². The van der Waals surface area contributed by atoms with Crippen molar-refractivity contribution in [3.63, 3.8) is 0 Å². The lowest BCUT2D eigenvalue weighted by Gasteiger charge is -2.35. The van der Waals surface area contributed by atoms with Crippen molar-refractivity contribution >= 4 is 27.5 Å². The average Bonchev–Trinajstić information content (AvgIpc) is 3.03. The van der Waals surface area contributed by atoms with Crippen LogP contribution in [0.25, 0.3) is 10.2 Å². The highest BCUT2D eigenvalue weighted by Gasteiger charge is 2.45. The standard InChI is InChI=1S/C20H27F2N3OS/c1-13(2)14-5-6-15-16(12-14)27-17(25-15)4-3-11-24-18(26)19(23)7-9-20(21,22)10-8-19/h5-6,12-13H,3-4,7-11,23H2,1-2H3,(H,24,26). The molecule has 1 heterocycles. The number of amides is 1. The SMILES string of the molecule is CC(C)c1ccc2nc(CCCNC(=O)C3(N)CCC(F)(F)CC3)sc2c1. The number of hydrogen-bond acceptors (Lipinski definition) is 4. The Morgan fingerprint density at radius 2 is 2.00 bits per heavy atom. The van der Waals surface area contributed by atoms with Gasteiger partial charge in [0.05, 0.1) is 20.8 Å². The van der Waals surface area contributed by atoms with Crippen molar-refractivity contribution in [2.45, 2.75) is 69.8 Å². The molecule has 148 valence electrons. The molecule has 0 radical (unpaired) electrons. The minimum absolute atomic E-state index is 0.0297. The molecule has 0 spiro atoms. The van der Waals surface area contributed by atoms with Crippen molar-refractivity contribution in [1.82, 2.24) is 10.3 Å². The smallest absolute Gasteiger partial charge is 0.248 e. The summed E-state index contributed by atoms with van der Waals surface area (Å²) in [6.45, 7) is 4.81. The van der Waals surface area contributed by atoms with Gasteiger partial charge in [-0.05, 0) is 42.9 Å². The summed E-state index contributed by atoms with van der Waals surface area (Å²) in [7, 11) is 0. The van der Waals surface area contributed by atoms with Gasteiger partial charge in [0.1, 0.15) is 0 Å². The fourth-order valence-corrected chi connectivity index (χ4v) is 4.42. The summed E-state index contributed by atoms with van der Waals surface area (Å²) < 4.78 is 27.7.